The van der Waals surface area contributed by atoms with Crippen LogP contribution in [-0.4, -0.2) is 41.9 Å². The maximum absolute atomic E-state index is 12.2. The van der Waals surface area contributed by atoms with Crippen molar-refractivity contribution >= 4 is 5.91 Å². The first-order valence-corrected chi connectivity index (χ1v) is 6.63. The summed E-state index contributed by atoms with van der Waals surface area (Å²) in [7, 11) is 1.68. The Balaban J connectivity index is 2.01. The number of methoxy groups -OCH3 is 1. The molecule has 20 heavy (non-hydrogen) atoms. The highest BCUT2D eigenvalue weighted by molar-refractivity contribution is 5.95. The molecular weight excluding hydrogens is 256 g/mol. The van der Waals surface area contributed by atoms with Crippen molar-refractivity contribution in [1.29, 1.82) is 0 Å². The molecule has 0 aromatic carbocycles. The normalized spacial score (nSPS) is 20.5. The Morgan fingerprint density at radius 3 is 3.10 bits per heavy atom. The Labute approximate surface area is 118 Å². The first-order valence-electron chi connectivity index (χ1n) is 6.63. The van der Waals surface area contributed by atoms with Crippen LogP contribution in [0.3, 0.4) is 0 Å². The zero-order valence-corrected chi connectivity index (χ0v) is 11.4. The molecule has 1 saturated carbocycles. The van der Waals surface area contributed by atoms with Crippen LogP contribution in [0.25, 0.3) is 0 Å². The maximum atomic E-state index is 12.2. The van der Waals surface area contributed by atoms with Crippen molar-refractivity contribution in [3.63, 3.8) is 0 Å². The van der Waals surface area contributed by atoms with Gasteiger partial charge in [0.2, 0.25) is 0 Å². The van der Waals surface area contributed by atoms with Gasteiger partial charge in [-0.05, 0) is 25.0 Å². The van der Waals surface area contributed by atoms with Crippen molar-refractivity contribution in [2.24, 2.45) is 0 Å². The van der Waals surface area contributed by atoms with E-state index in [9.17, 15) is 4.79 Å². The highest BCUT2D eigenvalue weighted by atomic mass is 16.5. The van der Waals surface area contributed by atoms with Crippen LogP contribution in [0.15, 0.2) is 18.3 Å². The Hall–Kier alpha value is -1.90. The minimum Gasteiger partial charge on any atom is -0.395 e. The summed E-state index contributed by atoms with van der Waals surface area (Å²) in [5.41, 5.74) is 0.917. The predicted octanol–water partition coefficient (Wildman–Crippen LogP) is 0.723. The van der Waals surface area contributed by atoms with Crippen molar-refractivity contribution in [3.05, 3.63) is 29.6 Å². The number of amides is 1. The van der Waals surface area contributed by atoms with Gasteiger partial charge in [0, 0.05) is 25.8 Å². The number of nitrogens with zero attached hydrogens (tertiary/aromatic N) is 1. The monoisotopic (exact) mass is 274 g/mol. The number of aliphatic hydroxyl groups is 1. The van der Waals surface area contributed by atoms with Crippen molar-refractivity contribution < 1.29 is 14.6 Å². The van der Waals surface area contributed by atoms with E-state index in [0.717, 1.165) is 12.8 Å². The topological polar surface area (TPSA) is 71.5 Å². The first kappa shape index (κ1) is 14.5. The van der Waals surface area contributed by atoms with Gasteiger partial charge < -0.3 is 15.2 Å². The van der Waals surface area contributed by atoms with Gasteiger partial charge >= 0.3 is 0 Å². The van der Waals surface area contributed by atoms with Gasteiger partial charge in [0.1, 0.15) is 5.69 Å². The number of aromatic nitrogens is 1. The molecule has 0 atom stereocenters. The Bertz CT molecular complexity index is 527. The van der Waals surface area contributed by atoms with Crippen molar-refractivity contribution in [2.75, 3.05) is 13.7 Å². The summed E-state index contributed by atoms with van der Waals surface area (Å²) >= 11 is 0. The summed E-state index contributed by atoms with van der Waals surface area (Å²) in [5.74, 6) is 5.46. The maximum Gasteiger partial charge on any atom is 0.271 e. The van der Waals surface area contributed by atoms with Gasteiger partial charge in [-0.3, -0.25) is 4.79 Å². The van der Waals surface area contributed by atoms with Gasteiger partial charge in [0.05, 0.1) is 18.3 Å². The molecule has 0 radical (unpaired) electrons. The van der Waals surface area contributed by atoms with Gasteiger partial charge in [-0.25, -0.2) is 4.98 Å². The molecule has 1 fully saturated rings. The molecule has 0 spiro atoms. The summed E-state index contributed by atoms with van der Waals surface area (Å²) in [4.78, 5) is 16.3. The number of carbonyl (C=O) groups is 1. The molecule has 1 aliphatic rings. The molecule has 0 saturated heterocycles. The van der Waals surface area contributed by atoms with Gasteiger partial charge in [-0.2, -0.15) is 0 Å². The number of hydrogen-bond acceptors (Lipinski definition) is 4. The molecule has 1 aliphatic carbocycles. The first-order chi connectivity index (χ1) is 9.74. The number of rotatable bonds is 4. The van der Waals surface area contributed by atoms with Crippen LogP contribution in [0.5, 0.6) is 0 Å². The summed E-state index contributed by atoms with van der Waals surface area (Å²) in [5, 5.41) is 11.6. The Morgan fingerprint density at radius 2 is 2.40 bits per heavy atom. The molecule has 1 heterocycles. The number of nitrogens with one attached hydrogen (secondary N) is 1. The van der Waals surface area contributed by atoms with E-state index in [2.05, 4.69) is 22.1 Å². The van der Waals surface area contributed by atoms with Crippen LogP contribution in [-0.2, 0) is 4.74 Å². The third-order valence-corrected chi connectivity index (χ3v) is 3.25. The van der Waals surface area contributed by atoms with Gasteiger partial charge in [-0.15, -0.1) is 0 Å². The van der Waals surface area contributed by atoms with Gasteiger partial charge in [0.15, 0.2) is 0 Å². The standard InChI is InChI=1S/C15H18N2O3/c1-20-13-9-12(10-13)17-15(19)14-11(5-2-3-8-18)6-4-7-16-14/h4,6-7,12-13,18H,3,8-10H2,1H3,(H,17,19). The molecule has 5 heteroatoms. The average molecular weight is 274 g/mol. The quantitative estimate of drug-likeness (QED) is 0.794. The molecule has 0 bridgehead atoms. The van der Waals surface area contributed by atoms with Crippen LogP contribution in [0.4, 0.5) is 0 Å². The highest BCUT2D eigenvalue weighted by Gasteiger charge is 2.30. The lowest BCUT2D eigenvalue weighted by Gasteiger charge is -2.34. The third-order valence-electron chi connectivity index (χ3n) is 3.25. The SMILES string of the molecule is COC1CC(NC(=O)c2ncccc2C#CCCO)C1. The molecule has 1 amide bonds. The lowest BCUT2D eigenvalue weighted by atomic mass is 9.89. The molecule has 2 rings (SSSR count). The predicted molar refractivity (Wildman–Crippen MR) is 74.1 cm³/mol. The summed E-state index contributed by atoms with van der Waals surface area (Å²) < 4.78 is 5.18. The second kappa shape index (κ2) is 7.04. The van der Waals surface area contributed by atoms with Crippen molar-refractivity contribution in [1.82, 2.24) is 10.3 Å². The largest absolute Gasteiger partial charge is 0.395 e. The fourth-order valence-electron chi connectivity index (χ4n) is 2.03. The van der Waals surface area contributed by atoms with Crippen molar-refractivity contribution in [2.45, 2.75) is 31.4 Å². The fraction of sp³-hybridized carbons (Fsp3) is 0.467. The summed E-state index contributed by atoms with van der Waals surface area (Å²) in [6.45, 7) is 0.00920. The van der Waals surface area contributed by atoms with Crippen LogP contribution in [0.2, 0.25) is 0 Å². The lowest BCUT2D eigenvalue weighted by molar-refractivity contribution is 0.0175. The highest BCUT2D eigenvalue weighted by Crippen LogP contribution is 2.22. The second-order valence-corrected chi connectivity index (χ2v) is 4.67. The molecule has 1 aromatic heterocycles. The van der Waals surface area contributed by atoms with E-state index in [4.69, 9.17) is 9.84 Å². The molecule has 0 aliphatic heterocycles. The van der Waals surface area contributed by atoms with Crippen LogP contribution < -0.4 is 5.32 Å². The van der Waals surface area contributed by atoms with Gasteiger partial charge in [0.25, 0.3) is 5.91 Å². The lowest BCUT2D eigenvalue weighted by Crippen LogP contribution is -2.47. The molecule has 5 nitrogen and oxygen atoms in total. The van der Waals surface area contributed by atoms with E-state index >= 15 is 0 Å². The zero-order valence-electron chi connectivity index (χ0n) is 11.4. The number of carbonyl (C=O) groups excluding carboxylic acids is 1. The third kappa shape index (κ3) is 3.56. The Morgan fingerprint density at radius 1 is 1.60 bits per heavy atom. The zero-order chi connectivity index (χ0) is 14.4. The minimum atomic E-state index is -0.210. The summed E-state index contributed by atoms with van der Waals surface area (Å²) in [6.07, 6.45) is 3.87. The molecule has 1 aromatic rings. The molecule has 106 valence electrons. The van der Waals surface area contributed by atoms with Crippen LogP contribution in [0, 0.1) is 11.8 Å². The number of aliphatic hydroxyl groups excluding tert-OH is 1. The smallest absolute Gasteiger partial charge is 0.271 e. The van der Waals surface area contributed by atoms with Gasteiger partial charge in [-0.1, -0.05) is 11.8 Å². The molecule has 2 N–H and O–H groups in total. The number of ether oxygens (including phenoxy) is 1. The van der Waals surface area contributed by atoms with E-state index in [1.807, 2.05) is 0 Å². The Kier molecular flexibility index (Phi) is 5.10. The van der Waals surface area contributed by atoms with E-state index in [1.165, 1.54) is 0 Å². The van der Waals surface area contributed by atoms with E-state index in [0.29, 0.717) is 17.7 Å². The van der Waals surface area contributed by atoms with Crippen molar-refractivity contribution in [3.8, 4) is 11.8 Å². The summed E-state index contributed by atoms with van der Waals surface area (Å²) in [6, 6.07) is 3.64. The van der Waals surface area contributed by atoms with E-state index in [1.54, 1.807) is 25.4 Å². The van der Waals surface area contributed by atoms with E-state index in [-0.39, 0.29) is 24.7 Å². The van der Waals surface area contributed by atoms with Crippen LogP contribution in [0.1, 0.15) is 35.3 Å². The number of hydrogen-bond donors (Lipinski definition) is 2. The van der Waals surface area contributed by atoms with Crippen LogP contribution >= 0.6 is 0 Å². The fourth-order valence-corrected chi connectivity index (χ4v) is 2.03. The van der Waals surface area contributed by atoms with E-state index < -0.39 is 0 Å². The second-order valence-electron chi connectivity index (χ2n) is 4.67. The number of pyridine rings is 1. The molecule has 0 unspecified atom stereocenters. The average Bonchev–Trinajstić information content (AvgIpc) is 2.43. The minimum absolute atomic E-state index is 0.00920. The molecular formula is C15H18N2O3.